The van der Waals surface area contributed by atoms with E-state index in [0.717, 1.165) is 23.2 Å². The number of carbonyl (C=O) groups is 1. The lowest BCUT2D eigenvalue weighted by atomic mass is 10.1. The van der Waals surface area contributed by atoms with Crippen molar-refractivity contribution in [2.24, 2.45) is 0 Å². The number of nitrogens with zero attached hydrogens (tertiary/aromatic N) is 2. The van der Waals surface area contributed by atoms with E-state index in [1.807, 2.05) is 24.3 Å². The molecule has 0 aliphatic heterocycles. The van der Waals surface area contributed by atoms with Gasteiger partial charge in [-0.2, -0.15) is 13.2 Å². The highest BCUT2D eigenvalue weighted by atomic mass is 19.4. The van der Waals surface area contributed by atoms with Gasteiger partial charge < -0.3 is 5.32 Å². The summed E-state index contributed by atoms with van der Waals surface area (Å²) in [6.07, 6.45) is -0.0400. The Morgan fingerprint density at radius 3 is 2.68 bits per heavy atom. The second-order valence-electron chi connectivity index (χ2n) is 5.72. The maximum atomic E-state index is 12.7. The van der Waals surface area contributed by atoms with Crippen LogP contribution in [0.5, 0.6) is 0 Å². The molecule has 28 heavy (non-hydrogen) atoms. The maximum Gasteiger partial charge on any atom is 0.416 e. The van der Waals surface area contributed by atoms with Gasteiger partial charge in [-0.15, -0.1) is 0 Å². The fraction of sp³-hybridized carbons (Fsp3) is 0.0952. The van der Waals surface area contributed by atoms with Crippen LogP contribution in [0.4, 0.5) is 13.2 Å². The molecule has 3 aromatic rings. The fourth-order valence-corrected chi connectivity index (χ4v) is 2.32. The van der Waals surface area contributed by atoms with Crippen molar-refractivity contribution in [2.45, 2.75) is 6.18 Å². The summed E-state index contributed by atoms with van der Waals surface area (Å²) in [6.45, 7) is 0.00280. The molecule has 1 N–H and O–H groups in total. The molecule has 1 amide bonds. The number of benzene rings is 2. The van der Waals surface area contributed by atoms with Crippen LogP contribution >= 0.6 is 0 Å². The summed E-state index contributed by atoms with van der Waals surface area (Å²) >= 11 is 0. The molecular weight excluding hydrogens is 367 g/mol. The largest absolute Gasteiger partial charge is 0.416 e. The highest BCUT2D eigenvalue weighted by Gasteiger charge is 2.30. The minimum Gasteiger partial charge on any atom is -0.342 e. The molecule has 3 rings (SSSR count). The number of halogens is 3. The summed E-state index contributed by atoms with van der Waals surface area (Å²) in [5.74, 6) is 4.82. The van der Waals surface area contributed by atoms with Crippen molar-refractivity contribution < 1.29 is 18.0 Å². The summed E-state index contributed by atoms with van der Waals surface area (Å²) in [6, 6.07) is 12.1. The smallest absolute Gasteiger partial charge is 0.342 e. The number of nitrogens with one attached hydrogen (secondary N) is 1. The second kappa shape index (κ2) is 8.35. The van der Waals surface area contributed by atoms with Crippen molar-refractivity contribution >= 4 is 23.0 Å². The van der Waals surface area contributed by atoms with Gasteiger partial charge in [0.1, 0.15) is 0 Å². The standard InChI is InChI=1S/C21H14F3N3O/c22-21(23,24)16-7-3-5-15(13-16)6-4-12-25-20(28)11-10-17-14-26-18-8-1-2-9-19(18)27-17/h1-3,5,7-11,13-14H,12H2,(H,25,28)/b11-10+. The number of fused-ring (bicyclic) bond motifs is 1. The molecule has 0 aliphatic rings. The van der Waals surface area contributed by atoms with Crippen LogP contribution < -0.4 is 5.32 Å². The van der Waals surface area contributed by atoms with Crippen LogP contribution in [-0.4, -0.2) is 22.4 Å². The third kappa shape index (κ3) is 5.17. The molecule has 0 saturated heterocycles. The fourth-order valence-electron chi connectivity index (χ4n) is 2.32. The molecule has 0 spiro atoms. The third-order valence-corrected chi connectivity index (χ3v) is 3.65. The van der Waals surface area contributed by atoms with E-state index in [0.29, 0.717) is 5.69 Å². The molecule has 0 bridgehead atoms. The summed E-state index contributed by atoms with van der Waals surface area (Å²) in [7, 11) is 0. The SMILES string of the molecule is O=C(/C=C/c1cnc2ccccc2n1)NCC#Cc1cccc(C(F)(F)F)c1. The molecule has 0 unspecified atom stereocenters. The zero-order valence-electron chi connectivity index (χ0n) is 14.5. The highest BCUT2D eigenvalue weighted by Crippen LogP contribution is 2.29. The third-order valence-electron chi connectivity index (χ3n) is 3.65. The Hall–Kier alpha value is -3.66. The average Bonchev–Trinajstić information content (AvgIpc) is 2.69. The molecule has 0 atom stereocenters. The van der Waals surface area contributed by atoms with E-state index in [-0.39, 0.29) is 12.1 Å². The first-order chi connectivity index (χ1) is 13.4. The lowest BCUT2D eigenvalue weighted by molar-refractivity contribution is -0.137. The van der Waals surface area contributed by atoms with Crippen molar-refractivity contribution in [1.82, 2.24) is 15.3 Å². The Bertz CT molecular complexity index is 1090. The van der Waals surface area contributed by atoms with E-state index in [9.17, 15) is 18.0 Å². The van der Waals surface area contributed by atoms with E-state index in [2.05, 4.69) is 27.1 Å². The normalized spacial score (nSPS) is 11.2. The van der Waals surface area contributed by atoms with Crippen molar-refractivity contribution in [1.29, 1.82) is 0 Å². The van der Waals surface area contributed by atoms with Gasteiger partial charge in [-0.25, -0.2) is 4.98 Å². The lowest BCUT2D eigenvalue weighted by Gasteiger charge is -2.05. The number of rotatable bonds is 3. The molecule has 1 aromatic heterocycles. The molecule has 2 aromatic carbocycles. The molecule has 0 saturated carbocycles. The Kier molecular flexibility index (Phi) is 5.70. The van der Waals surface area contributed by atoms with Crippen LogP contribution in [0.3, 0.4) is 0 Å². The quantitative estimate of drug-likeness (QED) is 0.554. The highest BCUT2D eigenvalue weighted by molar-refractivity contribution is 5.91. The zero-order valence-corrected chi connectivity index (χ0v) is 14.5. The Labute approximate surface area is 159 Å². The summed E-state index contributed by atoms with van der Waals surface area (Å²) in [5, 5.41) is 2.54. The molecule has 140 valence electrons. The van der Waals surface area contributed by atoms with Gasteiger partial charge in [-0.05, 0) is 36.4 Å². The van der Waals surface area contributed by atoms with Crippen molar-refractivity contribution in [3.63, 3.8) is 0 Å². The van der Waals surface area contributed by atoms with Gasteiger partial charge in [0.05, 0.1) is 35.0 Å². The van der Waals surface area contributed by atoms with Crippen LogP contribution in [0.25, 0.3) is 17.1 Å². The number of amides is 1. The van der Waals surface area contributed by atoms with Crippen LogP contribution in [0.2, 0.25) is 0 Å². The van der Waals surface area contributed by atoms with Gasteiger partial charge in [0.25, 0.3) is 0 Å². The van der Waals surface area contributed by atoms with Gasteiger partial charge >= 0.3 is 6.18 Å². The Balaban J connectivity index is 1.56. The number of carbonyl (C=O) groups excluding carboxylic acids is 1. The minimum atomic E-state index is -4.41. The van der Waals surface area contributed by atoms with E-state index >= 15 is 0 Å². The molecule has 0 fully saturated rings. The Morgan fingerprint density at radius 1 is 1.11 bits per heavy atom. The van der Waals surface area contributed by atoms with Gasteiger partial charge in [0, 0.05) is 11.6 Å². The molecular formula is C21H14F3N3O. The first-order valence-corrected chi connectivity index (χ1v) is 8.26. The monoisotopic (exact) mass is 381 g/mol. The Morgan fingerprint density at radius 2 is 1.89 bits per heavy atom. The molecule has 4 nitrogen and oxygen atoms in total. The predicted octanol–water partition coefficient (Wildman–Crippen LogP) is 3.83. The van der Waals surface area contributed by atoms with Crippen LogP contribution in [0, 0.1) is 11.8 Å². The zero-order chi connectivity index (χ0) is 20.0. The summed E-state index contributed by atoms with van der Waals surface area (Å²) < 4.78 is 38.0. The topological polar surface area (TPSA) is 54.9 Å². The van der Waals surface area contributed by atoms with E-state index in [1.165, 1.54) is 24.3 Å². The van der Waals surface area contributed by atoms with Gasteiger partial charge in [-0.1, -0.05) is 30.0 Å². The first-order valence-electron chi connectivity index (χ1n) is 8.26. The summed E-state index contributed by atoms with van der Waals surface area (Å²) in [4.78, 5) is 20.4. The van der Waals surface area contributed by atoms with E-state index in [1.54, 1.807) is 6.20 Å². The molecule has 0 radical (unpaired) electrons. The van der Waals surface area contributed by atoms with Gasteiger partial charge in [0.15, 0.2) is 0 Å². The van der Waals surface area contributed by atoms with Crippen LogP contribution in [-0.2, 0) is 11.0 Å². The first kappa shape index (κ1) is 19.1. The predicted molar refractivity (Wildman–Crippen MR) is 99.9 cm³/mol. The maximum absolute atomic E-state index is 12.7. The van der Waals surface area contributed by atoms with Crippen LogP contribution in [0.1, 0.15) is 16.8 Å². The number of alkyl halides is 3. The van der Waals surface area contributed by atoms with Crippen molar-refractivity contribution in [3.05, 3.63) is 77.6 Å². The minimum absolute atomic E-state index is 0.00280. The van der Waals surface area contributed by atoms with Crippen LogP contribution in [0.15, 0.2) is 60.8 Å². The second-order valence-corrected chi connectivity index (χ2v) is 5.72. The molecule has 1 heterocycles. The average molecular weight is 381 g/mol. The number of aromatic nitrogens is 2. The van der Waals surface area contributed by atoms with E-state index in [4.69, 9.17) is 0 Å². The molecule has 0 aliphatic carbocycles. The van der Waals surface area contributed by atoms with Gasteiger partial charge in [0.2, 0.25) is 5.91 Å². The molecule has 7 heteroatoms. The summed E-state index contributed by atoms with van der Waals surface area (Å²) in [5.41, 5.74) is 1.48. The number of hydrogen-bond donors (Lipinski definition) is 1. The van der Waals surface area contributed by atoms with Crippen molar-refractivity contribution in [3.8, 4) is 11.8 Å². The van der Waals surface area contributed by atoms with Crippen molar-refractivity contribution in [2.75, 3.05) is 6.54 Å². The lowest BCUT2D eigenvalue weighted by Crippen LogP contribution is -2.20. The number of para-hydroxylation sites is 2. The number of hydrogen-bond acceptors (Lipinski definition) is 3. The van der Waals surface area contributed by atoms with Gasteiger partial charge in [-0.3, -0.25) is 9.78 Å². The van der Waals surface area contributed by atoms with E-state index < -0.39 is 17.6 Å².